The first-order chi connectivity index (χ1) is 7.70. The number of anilines is 1. The van der Waals surface area contributed by atoms with Gasteiger partial charge in [0.1, 0.15) is 0 Å². The van der Waals surface area contributed by atoms with Crippen molar-refractivity contribution < 1.29 is 0 Å². The smallest absolute Gasteiger partial charge is 0.0825 e. The van der Waals surface area contributed by atoms with Crippen LogP contribution in [0.15, 0.2) is 0 Å². The van der Waals surface area contributed by atoms with E-state index in [-0.39, 0.29) is 0 Å². The van der Waals surface area contributed by atoms with Crippen LogP contribution in [0.1, 0.15) is 50.4 Å². The Labute approximate surface area is 98.0 Å². The zero-order chi connectivity index (χ0) is 11.5. The molecule has 2 atom stereocenters. The molecular formula is C13H23N3. The fraction of sp³-hybridized carbons (Fsp3) is 0.769. The molecule has 1 aromatic rings. The number of aromatic nitrogens is 2. The quantitative estimate of drug-likeness (QED) is 0.821. The highest BCUT2D eigenvalue weighted by molar-refractivity contribution is 5.52. The summed E-state index contributed by atoms with van der Waals surface area (Å²) in [6.07, 6.45) is 6.73. The van der Waals surface area contributed by atoms with E-state index in [9.17, 15) is 0 Å². The van der Waals surface area contributed by atoms with Crippen LogP contribution in [-0.4, -0.2) is 16.2 Å². The summed E-state index contributed by atoms with van der Waals surface area (Å²) >= 11 is 0. The van der Waals surface area contributed by atoms with Gasteiger partial charge in [-0.2, -0.15) is 5.10 Å². The Morgan fingerprint density at radius 2 is 2.19 bits per heavy atom. The molecule has 1 aliphatic carbocycles. The van der Waals surface area contributed by atoms with E-state index >= 15 is 0 Å². The highest BCUT2D eigenvalue weighted by Gasteiger charge is 2.21. The molecule has 90 valence electrons. The van der Waals surface area contributed by atoms with Crippen LogP contribution in [0.5, 0.6) is 0 Å². The molecule has 2 unspecified atom stereocenters. The van der Waals surface area contributed by atoms with Gasteiger partial charge < -0.3 is 5.32 Å². The molecule has 1 aliphatic rings. The molecule has 0 saturated heterocycles. The maximum atomic E-state index is 4.23. The standard InChI is InChI=1S/C13H23N3/c1-4-11-6-5-7-12(8-11)14-13-9(2)15-16-10(13)3/h11-12,14H,4-8H2,1-3H3,(H,15,16). The third-order valence-electron chi connectivity index (χ3n) is 3.84. The zero-order valence-corrected chi connectivity index (χ0v) is 10.6. The van der Waals surface area contributed by atoms with E-state index in [1.54, 1.807) is 0 Å². The second kappa shape index (κ2) is 4.89. The topological polar surface area (TPSA) is 40.7 Å². The lowest BCUT2D eigenvalue weighted by molar-refractivity contribution is 0.327. The molecule has 3 nitrogen and oxygen atoms in total. The van der Waals surface area contributed by atoms with Gasteiger partial charge in [0.25, 0.3) is 0 Å². The minimum atomic E-state index is 0.647. The first kappa shape index (κ1) is 11.5. The third kappa shape index (κ3) is 2.39. The van der Waals surface area contributed by atoms with E-state index in [2.05, 4.69) is 36.3 Å². The number of nitrogens with zero attached hydrogens (tertiary/aromatic N) is 1. The first-order valence-electron chi connectivity index (χ1n) is 6.48. The molecule has 1 saturated carbocycles. The van der Waals surface area contributed by atoms with Crippen molar-refractivity contribution in [2.45, 2.75) is 58.9 Å². The van der Waals surface area contributed by atoms with Gasteiger partial charge in [0.05, 0.1) is 17.1 Å². The molecule has 0 radical (unpaired) electrons. The van der Waals surface area contributed by atoms with Crippen molar-refractivity contribution in [2.75, 3.05) is 5.32 Å². The maximum absolute atomic E-state index is 4.23. The summed E-state index contributed by atoms with van der Waals surface area (Å²) in [5.41, 5.74) is 3.48. The van der Waals surface area contributed by atoms with Crippen molar-refractivity contribution in [3.63, 3.8) is 0 Å². The lowest BCUT2D eigenvalue weighted by Gasteiger charge is -2.29. The van der Waals surface area contributed by atoms with Crippen LogP contribution in [0.4, 0.5) is 5.69 Å². The predicted molar refractivity (Wildman–Crippen MR) is 67.7 cm³/mol. The van der Waals surface area contributed by atoms with Gasteiger partial charge in [0, 0.05) is 6.04 Å². The van der Waals surface area contributed by atoms with Gasteiger partial charge in [-0.3, -0.25) is 5.10 Å². The van der Waals surface area contributed by atoms with E-state index in [0.29, 0.717) is 6.04 Å². The first-order valence-corrected chi connectivity index (χ1v) is 6.48. The second-order valence-electron chi connectivity index (χ2n) is 5.09. The number of nitrogens with one attached hydrogen (secondary N) is 2. The zero-order valence-electron chi connectivity index (χ0n) is 10.6. The Morgan fingerprint density at radius 3 is 2.81 bits per heavy atom. The van der Waals surface area contributed by atoms with Crippen LogP contribution in [0.2, 0.25) is 0 Å². The van der Waals surface area contributed by atoms with E-state index in [4.69, 9.17) is 0 Å². The van der Waals surface area contributed by atoms with Crippen LogP contribution in [0.3, 0.4) is 0 Å². The van der Waals surface area contributed by atoms with E-state index in [0.717, 1.165) is 17.3 Å². The fourth-order valence-electron chi connectivity index (χ4n) is 2.76. The van der Waals surface area contributed by atoms with Crippen molar-refractivity contribution in [3.05, 3.63) is 11.4 Å². The lowest BCUT2D eigenvalue weighted by Crippen LogP contribution is -2.27. The van der Waals surface area contributed by atoms with Gasteiger partial charge in [-0.15, -0.1) is 0 Å². The van der Waals surface area contributed by atoms with Crippen molar-refractivity contribution in [1.29, 1.82) is 0 Å². The molecule has 0 spiro atoms. The summed E-state index contributed by atoms with van der Waals surface area (Å²) in [5, 5.41) is 10.9. The molecule has 0 amide bonds. The summed E-state index contributed by atoms with van der Waals surface area (Å²) in [6.45, 7) is 6.45. The summed E-state index contributed by atoms with van der Waals surface area (Å²) < 4.78 is 0. The Hall–Kier alpha value is -0.990. The van der Waals surface area contributed by atoms with Crippen molar-refractivity contribution >= 4 is 5.69 Å². The van der Waals surface area contributed by atoms with Crippen molar-refractivity contribution in [1.82, 2.24) is 10.2 Å². The number of aromatic amines is 1. The largest absolute Gasteiger partial charge is 0.379 e. The molecule has 1 heterocycles. The van der Waals surface area contributed by atoms with E-state index in [1.165, 1.54) is 37.8 Å². The molecule has 0 bridgehead atoms. The number of hydrogen-bond acceptors (Lipinski definition) is 2. The molecule has 3 heteroatoms. The monoisotopic (exact) mass is 221 g/mol. The van der Waals surface area contributed by atoms with E-state index in [1.807, 2.05) is 0 Å². The average Bonchev–Trinajstić information content (AvgIpc) is 2.61. The summed E-state index contributed by atoms with van der Waals surface area (Å²) in [4.78, 5) is 0. The molecule has 2 N–H and O–H groups in total. The molecule has 16 heavy (non-hydrogen) atoms. The average molecular weight is 221 g/mol. The van der Waals surface area contributed by atoms with Crippen molar-refractivity contribution in [2.24, 2.45) is 5.92 Å². The highest BCUT2D eigenvalue weighted by Crippen LogP contribution is 2.29. The van der Waals surface area contributed by atoms with Crippen LogP contribution < -0.4 is 5.32 Å². The normalized spacial score (nSPS) is 25.7. The third-order valence-corrected chi connectivity index (χ3v) is 3.84. The lowest BCUT2D eigenvalue weighted by atomic mass is 9.84. The van der Waals surface area contributed by atoms with Crippen LogP contribution in [0, 0.1) is 19.8 Å². The predicted octanol–water partition coefficient (Wildman–Crippen LogP) is 3.41. The Kier molecular flexibility index (Phi) is 3.52. The van der Waals surface area contributed by atoms with Gasteiger partial charge in [0.2, 0.25) is 0 Å². The molecule has 2 rings (SSSR count). The SMILES string of the molecule is CCC1CCCC(Nc2c(C)n[nH]c2C)C1. The molecule has 0 aliphatic heterocycles. The minimum Gasteiger partial charge on any atom is -0.379 e. The van der Waals surface area contributed by atoms with Crippen LogP contribution in [0.25, 0.3) is 0 Å². The van der Waals surface area contributed by atoms with Gasteiger partial charge >= 0.3 is 0 Å². The number of rotatable bonds is 3. The number of hydrogen-bond donors (Lipinski definition) is 2. The summed E-state index contributed by atoms with van der Waals surface area (Å²) in [6, 6.07) is 0.647. The second-order valence-corrected chi connectivity index (χ2v) is 5.09. The minimum absolute atomic E-state index is 0.647. The van der Waals surface area contributed by atoms with Gasteiger partial charge in [0.15, 0.2) is 0 Å². The summed E-state index contributed by atoms with van der Waals surface area (Å²) in [7, 11) is 0. The molecule has 0 aromatic carbocycles. The fourth-order valence-corrected chi connectivity index (χ4v) is 2.76. The Morgan fingerprint density at radius 1 is 1.38 bits per heavy atom. The Balaban J connectivity index is 1.99. The van der Waals surface area contributed by atoms with E-state index < -0.39 is 0 Å². The van der Waals surface area contributed by atoms with Gasteiger partial charge in [-0.1, -0.05) is 26.2 Å². The van der Waals surface area contributed by atoms with Gasteiger partial charge in [-0.05, 0) is 32.6 Å². The maximum Gasteiger partial charge on any atom is 0.0825 e. The molecular weight excluding hydrogens is 198 g/mol. The van der Waals surface area contributed by atoms with Crippen LogP contribution >= 0.6 is 0 Å². The summed E-state index contributed by atoms with van der Waals surface area (Å²) in [5.74, 6) is 0.916. The van der Waals surface area contributed by atoms with Crippen LogP contribution in [-0.2, 0) is 0 Å². The number of aryl methyl sites for hydroxylation is 2. The highest BCUT2D eigenvalue weighted by atomic mass is 15.2. The molecule has 1 aromatic heterocycles. The molecule has 1 fully saturated rings. The Bertz CT molecular complexity index is 323. The van der Waals surface area contributed by atoms with Gasteiger partial charge in [-0.25, -0.2) is 0 Å². The number of H-pyrrole nitrogens is 1. The van der Waals surface area contributed by atoms with Crippen molar-refractivity contribution in [3.8, 4) is 0 Å².